The Hall–Kier alpha value is -1.11. The quantitative estimate of drug-likeness (QED) is 0.723. The molecule has 0 aromatic heterocycles. The molecular formula is C16H25ClN2O3S. The van der Waals surface area contributed by atoms with Crippen LogP contribution in [0.3, 0.4) is 0 Å². The van der Waals surface area contributed by atoms with Crippen molar-refractivity contribution in [2.45, 2.75) is 50.5 Å². The third-order valence-corrected chi connectivity index (χ3v) is 5.72. The molecule has 0 aliphatic heterocycles. The molecule has 0 saturated heterocycles. The van der Waals surface area contributed by atoms with E-state index >= 15 is 0 Å². The summed E-state index contributed by atoms with van der Waals surface area (Å²) < 4.78 is 25.4. The molecule has 0 heterocycles. The molecule has 23 heavy (non-hydrogen) atoms. The summed E-state index contributed by atoms with van der Waals surface area (Å²) in [5.41, 5.74) is 0.178. The predicted molar refractivity (Wildman–Crippen MR) is 93.4 cm³/mol. The number of amides is 1. The Morgan fingerprint density at radius 3 is 2.52 bits per heavy atom. The van der Waals surface area contributed by atoms with Crippen LogP contribution in [0.4, 0.5) is 0 Å². The molecule has 0 aliphatic carbocycles. The number of carbonyl (C=O) groups excluding carboxylic acids is 1. The van der Waals surface area contributed by atoms with Crippen LogP contribution in [0.1, 0.15) is 49.9 Å². The first kappa shape index (κ1) is 19.9. The summed E-state index contributed by atoms with van der Waals surface area (Å²) in [6.45, 7) is 4.06. The van der Waals surface area contributed by atoms with Crippen LogP contribution in [-0.4, -0.2) is 38.8 Å². The van der Waals surface area contributed by atoms with Crippen LogP contribution in [-0.2, 0) is 10.0 Å². The highest BCUT2D eigenvalue weighted by atomic mass is 35.5. The maximum Gasteiger partial charge on any atom is 0.253 e. The fraction of sp³-hybridized carbons (Fsp3) is 0.562. The zero-order chi connectivity index (χ0) is 17.6. The molecule has 1 N–H and O–H groups in total. The Labute approximate surface area is 144 Å². The van der Waals surface area contributed by atoms with Gasteiger partial charge in [-0.25, -0.2) is 12.7 Å². The Bertz CT molecular complexity index is 645. The first-order valence-corrected chi connectivity index (χ1v) is 9.55. The molecule has 5 nitrogen and oxygen atoms in total. The number of halogens is 1. The minimum absolute atomic E-state index is 0.0132. The molecule has 0 saturated carbocycles. The minimum Gasteiger partial charge on any atom is -0.350 e. The maximum absolute atomic E-state index is 12.4. The highest BCUT2D eigenvalue weighted by Gasteiger charge is 2.21. The third kappa shape index (κ3) is 5.48. The number of nitrogens with zero attached hydrogens (tertiary/aromatic N) is 1. The largest absolute Gasteiger partial charge is 0.350 e. The van der Waals surface area contributed by atoms with Gasteiger partial charge in [0.2, 0.25) is 10.0 Å². The lowest BCUT2D eigenvalue weighted by atomic mass is 10.1. The van der Waals surface area contributed by atoms with E-state index in [1.165, 1.54) is 32.3 Å². The van der Waals surface area contributed by atoms with Gasteiger partial charge in [0.25, 0.3) is 5.91 Å². The molecule has 1 aromatic rings. The average molecular weight is 361 g/mol. The van der Waals surface area contributed by atoms with Crippen LogP contribution >= 0.6 is 11.6 Å². The lowest BCUT2D eigenvalue weighted by Gasteiger charge is -2.16. The second kappa shape index (κ2) is 8.66. The van der Waals surface area contributed by atoms with Gasteiger partial charge in [0.15, 0.2) is 0 Å². The molecule has 1 atom stereocenters. The summed E-state index contributed by atoms with van der Waals surface area (Å²) in [4.78, 5) is 12.4. The zero-order valence-corrected chi connectivity index (χ0v) is 15.7. The molecule has 1 aromatic carbocycles. The summed E-state index contributed by atoms with van der Waals surface area (Å²) in [6, 6.07) is 4.18. The van der Waals surface area contributed by atoms with Gasteiger partial charge in [0.1, 0.15) is 0 Å². The topological polar surface area (TPSA) is 66.5 Å². The SMILES string of the molecule is CCCCCC(C)NC(=O)c1cc(S(=O)(=O)N(C)C)ccc1Cl. The number of rotatable bonds is 8. The fourth-order valence-corrected chi connectivity index (χ4v) is 3.26. The predicted octanol–water partition coefficient (Wildman–Crippen LogP) is 3.29. The minimum atomic E-state index is -3.60. The van der Waals surface area contributed by atoms with E-state index < -0.39 is 10.0 Å². The van der Waals surface area contributed by atoms with Gasteiger partial charge >= 0.3 is 0 Å². The van der Waals surface area contributed by atoms with E-state index in [9.17, 15) is 13.2 Å². The van der Waals surface area contributed by atoms with E-state index in [2.05, 4.69) is 12.2 Å². The summed E-state index contributed by atoms with van der Waals surface area (Å²) in [5, 5.41) is 3.11. The molecule has 1 rings (SSSR count). The van der Waals surface area contributed by atoms with E-state index in [1.807, 2.05) is 6.92 Å². The third-order valence-electron chi connectivity index (χ3n) is 3.58. The number of hydrogen-bond donors (Lipinski definition) is 1. The van der Waals surface area contributed by atoms with E-state index in [1.54, 1.807) is 0 Å². The van der Waals surface area contributed by atoms with Crippen molar-refractivity contribution in [1.29, 1.82) is 0 Å². The molecule has 0 bridgehead atoms. The van der Waals surface area contributed by atoms with Crippen molar-refractivity contribution < 1.29 is 13.2 Å². The van der Waals surface area contributed by atoms with E-state index in [0.29, 0.717) is 0 Å². The summed E-state index contributed by atoms with van der Waals surface area (Å²) in [5.74, 6) is -0.352. The molecule has 0 fully saturated rings. The first-order valence-electron chi connectivity index (χ1n) is 7.73. The van der Waals surface area contributed by atoms with Crippen LogP contribution in [0.2, 0.25) is 5.02 Å². The van der Waals surface area contributed by atoms with Crippen molar-refractivity contribution in [3.63, 3.8) is 0 Å². The van der Waals surface area contributed by atoms with Gasteiger partial charge in [-0.1, -0.05) is 37.8 Å². The van der Waals surface area contributed by atoms with Gasteiger partial charge < -0.3 is 5.32 Å². The van der Waals surface area contributed by atoms with E-state index in [4.69, 9.17) is 11.6 Å². The molecule has 0 aliphatic rings. The van der Waals surface area contributed by atoms with Gasteiger partial charge in [0, 0.05) is 20.1 Å². The highest BCUT2D eigenvalue weighted by molar-refractivity contribution is 7.89. The van der Waals surface area contributed by atoms with Crippen molar-refractivity contribution in [2.75, 3.05) is 14.1 Å². The highest BCUT2D eigenvalue weighted by Crippen LogP contribution is 2.22. The number of carbonyl (C=O) groups is 1. The second-order valence-electron chi connectivity index (χ2n) is 5.80. The van der Waals surface area contributed by atoms with Gasteiger partial charge in [0.05, 0.1) is 15.5 Å². The second-order valence-corrected chi connectivity index (χ2v) is 8.36. The Morgan fingerprint density at radius 1 is 1.30 bits per heavy atom. The lowest BCUT2D eigenvalue weighted by Crippen LogP contribution is -2.33. The van der Waals surface area contributed by atoms with E-state index in [-0.39, 0.29) is 27.4 Å². The number of unbranched alkanes of at least 4 members (excludes halogenated alkanes) is 2. The molecule has 130 valence electrons. The Kier molecular flexibility index (Phi) is 7.51. The van der Waals surface area contributed by atoms with Crippen molar-refractivity contribution in [3.05, 3.63) is 28.8 Å². The molecule has 1 amide bonds. The van der Waals surface area contributed by atoms with Crippen molar-refractivity contribution in [3.8, 4) is 0 Å². The van der Waals surface area contributed by atoms with Gasteiger partial charge in [-0.15, -0.1) is 0 Å². The monoisotopic (exact) mass is 360 g/mol. The van der Waals surface area contributed by atoms with Crippen LogP contribution in [0.15, 0.2) is 23.1 Å². The molecule has 7 heteroatoms. The molecule has 0 spiro atoms. The average Bonchev–Trinajstić information content (AvgIpc) is 2.47. The normalized spacial score (nSPS) is 13.1. The Balaban J connectivity index is 2.93. The maximum atomic E-state index is 12.4. The van der Waals surface area contributed by atoms with Gasteiger partial charge in [-0.05, 0) is 31.5 Å². The van der Waals surface area contributed by atoms with Crippen LogP contribution in [0.5, 0.6) is 0 Å². The van der Waals surface area contributed by atoms with Crippen LogP contribution in [0, 0.1) is 0 Å². The standard InChI is InChI=1S/C16H25ClN2O3S/c1-5-6-7-8-12(2)18-16(20)14-11-13(9-10-15(14)17)23(21,22)19(3)4/h9-12H,5-8H2,1-4H3,(H,18,20). The van der Waals surface area contributed by atoms with Crippen molar-refractivity contribution in [2.24, 2.45) is 0 Å². The van der Waals surface area contributed by atoms with E-state index in [0.717, 1.165) is 30.0 Å². The number of hydrogen-bond acceptors (Lipinski definition) is 3. The summed E-state index contributed by atoms with van der Waals surface area (Å²) in [7, 11) is -0.713. The Morgan fingerprint density at radius 2 is 1.96 bits per heavy atom. The van der Waals surface area contributed by atoms with Crippen molar-refractivity contribution >= 4 is 27.5 Å². The number of nitrogens with one attached hydrogen (secondary N) is 1. The molecule has 1 unspecified atom stereocenters. The van der Waals surface area contributed by atoms with Gasteiger partial charge in [-0.2, -0.15) is 0 Å². The summed E-state index contributed by atoms with van der Waals surface area (Å²) in [6.07, 6.45) is 4.17. The van der Waals surface area contributed by atoms with Crippen LogP contribution < -0.4 is 5.32 Å². The van der Waals surface area contributed by atoms with Crippen molar-refractivity contribution in [1.82, 2.24) is 9.62 Å². The molecular weight excluding hydrogens is 336 g/mol. The van der Waals surface area contributed by atoms with Crippen LogP contribution in [0.25, 0.3) is 0 Å². The number of sulfonamides is 1. The first-order chi connectivity index (χ1) is 10.7. The lowest BCUT2D eigenvalue weighted by molar-refractivity contribution is 0.0938. The zero-order valence-electron chi connectivity index (χ0n) is 14.1. The fourth-order valence-electron chi connectivity index (χ4n) is 2.12. The van der Waals surface area contributed by atoms with Gasteiger partial charge in [-0.3, -0.25) is 4.79 Å². The molecule has 0 radical (unpaired) electrons. The smallest absolute Gasteiger partial charge is 0.253 e. The number of benzene rings is 1. The summed E-state index contributed by atoms with van der Waals surface area (Å²) >= 11 is 6.06.